The van der Waals surface area contributed by atoms with E-state index < -0.39 is 0 Å². The molecule has 2 aromatic rings. The number of hydrogen-bond donors (Lipinski definition) is 0. The minimum atomic E-state index is -0.0360. The molecule has 1 fully saturated rings. The van der Waals surface area contributed by atoms with E-state index in [1.54, 1.807) is 0 Å². The lowest BCUT2D eigenvalue weighted by molar-refractivity contribution is 0.0584. The third kappa shape index (κ3) is 1.13. The Hall–Kier alpha value is -1.96. The molecule has 2 aromatic carbocycles. The molecule has 2 unspecified atom stereocenters. The Labute approximate surface area is 105 Å². The Bertz CT molecular complexity index is 639. The molecule has 2 heteroatoms. The van der Waals surface area contributed by atoms with Crippen molar-refractivity contribution in [2.24, 2.45) is 11.8 Å². The normalized spacial score (nSPS) is 25.6. The first kappa shape index (κ1) is 10.0. The van der Waals surface area contributed by atoms with Gasteiger partial charge in [-0.15, -0.1) is 0 Å². The first-order valence-electron chi connectivity index (χ1n) is 6.37. The van der Waals surface area contributed by atoms with E-state index in [2.05, 4.69) is 0 Å². The van der Waals surface area contributed by atoms with Crippen LogP contribution in [0.3, 0.4) is 0 Å². The van der Waals surface area contributed by atoms with Gasteiger partial charge in [0, 0.05) is 23.0 Å². The van der Waals surface area contributed by atoms with E-state index >= 15 is 0 Å². The highest BCUT2D eigenvalue weighted by atomic mass is 16.1. The van der Waals surface area contributed by atoms with Gasteiger partial charge in [0.1, 0.15) is 0 Å². The molecule has 0 aromatic heterocycles. The lowest BCUT2D eigenvalue weighted by Crippen LogP contribution is -2.43. The van der Waals surface area contributed by atoms with Gasteiger partial charge in [-0.25, -0.2) is 0 Å². The maximum absolute atomic E-state index is 12.3. The van der Waals surface area contributed by atoms with Crippen molar-refractivity contribution in [3.8, 4) is 0 Å². The van der Waals surface area contributed by atoms with Gasteiger partial charge < -0.3 is 0 Å². The molecule has 0 amide bonds. The molecular formula is C16H12O2. The van der Waals surface area contributed by atoms with Crippen molar-refractivity contribution in [2.45, 2.75) is 12.8 Å². The molecule has 2 nitrogen and oxygen atoms in total. The van der Waals surface area contributed by atoms with Crippen molar-refractivity contribution in [1.82, 2.24) is 0 Å². The predicted octanol–water partition coefficient (Wildman–Crippen LogP) is 3.25. The standard InChI is InChI=1S/C16H12O2/c17-15-11-5-6-12(11)16(18)14-8-10-4-2-1-3-9(10)7-13(14)15/h1-4,7-8,11-12H,5-6H2. The molecule has 0 spiro atoms. The maximum Gasteiger partial charge on any atom is 0.167 e. The molecule has 0 heterocycles. The first-order chi connectivity index (χ1) is 8.75. The van der Waals surface area contributed by atoms with Crippen LogP contribution in [0.25, 0.3) is 10.8 Å². The molecule has 1 saturated carbocycles. The van der Waals surface area contributed by atoms with Crippen LogP contribution in [0.4, 0.5) is 0 Å². The van der Waals surface area contributed by atoms with Gasteiger partial charge >= 0.3 is 0 Å². The number of fused-ring (bicyclic) bond motifs is 3. The summed E-state index contributed by atoms with van der Waals surface area (Å²) in [7, 11) is 0. The molecule has 0 aliphatic heterocycles. The Balaban J connectivity index is 2.03. The van der Waals surface area contributed by atoms with E-state index in [0.29, 0.717) is 11.1 Å². The molecule has 2 aliphatic rings. The highest BCUT2D eigenvalue weighted by Gasteiger charge is 2.46. The van der Waals surface area contributed by atoms with Crippen LogP contribution in [0.15, 0.2) is 36.4 Å². The smallest absolute Gasteiger partial charge is 0.167 e. The van der Waals surface area contributed by atoms with Crippen LogP contribution in [-0.4, -0.2) is 11.6 Å². The van der Waals surface area contributed by atoms with Crippen molar-refractivity contribution in [3.63, 3.8) is 0 Å². The summed E-state index contributed by atoms with van der Waals surface area (Å²) in [5.74, 6) is 0.274. The van der Waals surface area contributed by atoms with E-state index in [1.165, 1.54) is 0 Å². The van der Waals surface area contributed by atoms with Crippen molar-refractivity contribution >= 4 is 22.3 Å². The van der Waals surface area contributed by atoms with Crippen LogP contribution in [0.1, 0.15) is 33.6 Å². The summed E-state index contributed by atoms with van der Waals surface area (Å²) in [4.78, 5) is 24.6. The minimum absolute atomic E-state index is 0.0360. The molecular weight excluding hydrogens is 224 g/mol. The number of benzene rings is 2. The van der Waals surface area contributed by atoms with Crippen molar-refractivity contribution in [2.75, 3.05) is 0 Å². The van der Waals surface area contributed by atoms with Crippen molar-refractivity contribution in [3.05, 3.63) is 47.5 Å². The largest absolute Gasteiger partial charge is 0.294 e. The molecule has 0 saturated heterocycles. The highest BCUT2D eigenvalue weighted by Crippen LogP contribution is 2.44. The zero-order valence-electron chi connectivity index (χ0n) is 9.85. The van der Waals surface area contributed by atoms with Crippen LogP contribution >= 0.6 is 0 Å². The molecule has 0 radical (unpaired) electrons. The van der Waals surface area contributed by atoms with Gasteiger partial charge in [0.05, 0.1) is 0 Å². The number of rotatable bonds is 0. The lowest BCUT2D eigenvalue weighted by Gasteiger charge is -2.38. The molecule has 0 bridgehead atoms. The third-order valence-corrected chi connectivity index (χ3v) is 4.36. The van der Waals surface area contributed by atoms with Crippen LogP contribution in [0, 0.1) is 11.8 Å². The van der Waals surface area contributed by atoms with Crippen LogP contribution in [-0.2, 0) is 0 Å². The quantitative estimate of drug-likeness (QED) is 0.703. The molecule has 88 valence electrons. The van der Waals surface area contributed by atoms with E-state index in [1.807, 2.05) is 36.4 Å². The van der Waals surface area contributed by atoms with Crippen LogP contribution in [0.5, 0.6) is 0 Å². The van der Waals surface area contributed by atoms with Gasteiger partial charge in [0.25, 0.3) is 0 Å². The topological polar surface area (TPSA) is 34.1 Å². The van der Waals surface area contributed by atoms with E-state index in [9.17, 15) is 9.59 Å². The molecule has 0 N–H and O–H groups in total. The van der Waals surface area contributed by atoms with Crippen LogP contribution in [0.2, 0.25) is 0 Å². The van der Waals surface area contributed by atoms with Gasteiger partial charge in [0.2, 0.25) is 0 Å². The third-order valence-electron chi connectivity index (χ3n) is 4.36. The van der Waals surface area contributed by atoms with Gasteiger partial charge in [-0.2, -0.15) is 0 Å². The highest BCUT2D eigenvalue weighted by molar-refractivity contribution is 6.18. The van der Waals surface area contributed by atoms with E-state index in [-0.39, 0.29) is 23.4 Å². The average molecular weight is 236 g/mol. The fourth-order valence-corrected chi connectivity index (χ4v) is 3.18. The summed E-state index contributed by atoms with van der Waals surface area (Å²) in [6.07, 6.45) is 1.75. The fraction of sp³-hybridized carbons (Fsp3) is 0.250. The summed E-state index contributed by atoms with van der Waals surface area (Å²) in [5.41, 5.74) is 1.28. The SMILES string of the molecule is O=C1c2cc3ccccc3cc2C(=O)C2CCC12. The van der Waals surface area contributed by atoms with Crippen molar-refractivity contribution in [1.29, 1.82) is 0 Å². The van der Waals surface area contributed by atoms with Crippen LogP contribution < -0.4 is 0 Å². The number of carbonyl (C=O) groups is 2. The monoisotopic (exact) mass is 236 g/mol. The lowest BCUT2D eigenvalue weighted by atomic mass is 9.62. The zero-order valence-corrected chi connectivity index (χ0v) is 9.85. The summed E-state index contributed by atoms with van der Waals surface area (Å²) >= 11 is 0. The summed E-state index contributed by atoms with van der Waals surface area (Å²) in [5, 5.41) is 2.07. The Morgan fingerprint density at radius 2 is 1.22 bits per heavy atom. The summed E-state index contributed by atoms with van der Waals surface area (Å²) in [6.45, 7) is 0. The second-order valence-corrected chi connectivity index (χ2v) is 5.26. The molecule has 4 rings (SSSR count). The van der Waals surface area contributed by atoms with E-state index in [0.717, 1.165) is 23.6 Å². The number of hydrogen-bond acceptors (Lipinski definition) is 2. The Kier molecular flexibility index (Phi) is 1.83. The Morgan fingerprint density at radius 3 is 1.61 bits per heavy atom. The summed E-state index contributed by atoms with van der Waals surface area (Å²) in [6, 6.07) is 11.7. The molecule has 18 heavy (non-hydrogen) atoms. The first-order valence-corrected chi connectivity index (χ1v) is 6.37. The Morgan fingerprint density at radius 1 is 0.778 bits per heavy atom. The average Bonchev–Trinajstić information content (AvgIpc) is 2.34. The second-order valence-electron chi connectivity index (χ2n) is 5.26. The summed E-state index contributed by atoms with van der Waals surface area (Å²) < 4.78 is 0. The van der Waals surface area contributed by atoms with Gasteiger partial charge in [-0.1, -0.05) is 24.3 Å². The minimum Gasteiger partial charge on any atom is -0.294 e. The molecule has 2 atom stereocenters. The van der Waals surface area contributed by atoms with E-state index in [4.69, 9.17) is 0 Å². The fourth-order valence-electron chi connectivity index (χ4n) is 3.18. The van der Waals surface area contributed by atoms with Gasteiger partial charge in [-0.05, 0) is 35.7 Å². The maximum atomic E-state index is 12.3. The van der Waals surface area contributed by atoms with Crippen molar-refractivity contribution < 1.29 is 9.59 Å². The molecule has 2 aliphatic carbocycles. The van der Waals surface area contributed by atoms with Gasteiger partial charge in [-0.3, -0.25) is 9.59 Å². The number of ketones is 2. The van der Waals surface area contributed by atoms with Gasteiger partial charge in [0.15, 0.2) is 11.6 Å². The number of carbonyl (C=O) groups excluding carboxylic acids is 2. The predicted molar refractivity (Wildman–Crippen MR) is 68.8 cm³/mol. The zero-order chi connectivity index (χ0) is 12.3. The number of Topliss-reactive ketones (excluding diaryl/α,β-unsaturated/α-hetero) is 2. The second kappa shape index (κ2) is 3.29.